The van der Waals surface area contributed by atoms with Crippen molar-refractivity contribution in [2.45, 2.75) is 31.7 Å². The fourth-order valence-corrected chi connectivity index (χ4v) is 2.91. The number of aliphatic hydroxyl groups excluding tert-OH is 1. The number of ketones is 1. The molecule has 136 valence electrons. The number of hydrogen-bond acceptors (Lipinski definition) is 6. The maximum Gasteiger partial charge on any atom is 0.189 e. The van der Waals surface area contributed by atoms with E-state index in [0.29, 0.717) is 5.56 Å². The largest absolute Gasteiger partial charge is 0.508 e. The van der Waals surface area contributed by atoms with Crippen LogP contribution in [0.15, 0.2) is 42.5 Å². The smallest absolute Gasteiger partial charge is 0.189 e. The molecule has 0 radical (unpaired) electrons. The molecule has 0 aliphatic carbocycles. The molecule has 1 aliphatic rings. The Morgan fingerprint density at radius 1 is 1.12 bits per heavy atom. The van der Waals surface area contributed by atoms with Gasteiger partial charge in [0.15, 0.2) is 11.9 Å². The zero-order valence-electron chi connectivity index (χ0n) is 14.4. The van der Waals surface area contributed by atoms with Gasteiger partial charge in [-0.2, -0.15) is 0 Å². The number of aromatic hydroxyl groups is 2. The number of carbonyl (C=O) groups is 1. The van der Waals surface area contributed by atoms with Crippen LogP contribution >= 0.6 is 0 Å². The van der Waals surface area contributed by atoms with Crippen LogP contribution < -0.4 is 4.74 Å². The summed E-state index contributed by atoms with van der Waals surface area (Å²) >= 11 is 0. The topological polar surface area (TPSA) is 107 Å². The molecule has 6 nitrogen and oxygen atoms in total. The average Bonchev–Trinajstić information content (AvgIpc) is 2.92. The van der Waals surface area contributed by atoms with Gasteiger partial charge in [-0.25, -0.2) is 0 Å². The number of hydrogen-bond donors (Lipinski definition) is 4. The number of phenols is 2. The van der Waals surface area contributed by atoms with Crippen molar-refractivity contribution >= 4 is 11.9 Å². The Morgan fingerprint density at radius 3 is 2.38 bits per heavy atom. The molecule has 26 heavy (non-hydrogen) atoms. The molecule has 0 amide bonds. The van der Waals surface area contributed by atoms with Crippen molar-refractivity contribution in [2.75, 3.05) is 0 Å². The molecular formula is C20H20O6. The molecule has 0 saturated heterocycles. The first-order chi connectivity index (χ1) is 12.2. The number of fused-ring (bicyclic) bond motifs is 1. The van der Waals surface area contributed by atoms with E-state index in [9.17, 15) is 25.2 Å². The predicted molar refractivity (Wildman–Crippen MR) is 95.3 cm³/mol. The van der Waals surface area contributed by atoms with E-state index >= 15 is 0 Å². The lowest BCUT2D eigenvalue weighted by Crippen LogP contribution is -2.41. The Labute approximate surface area is 150 Å². The van der Waals surface area contributed by atoms with E-state index in [1.807, 2.05) is 0 Å². The third kappa shape index (κ3) is 3.29. The van der Waals surface area contributed by atoms with E-state index in [1.54, 1.807) is 18.2 Å². The summed E-state index contributed by atoms with van der Waals surface area (Å²) in [6, 6.07) is 9.20. The Balaban J connectivity index is 1.88. The number of rotatable bonds is 4. The first-order valence-electron chi connectivity index (χ1n) is 8.13. The minimum absolute atomic E-state index is 0.0258. The number of carbonyl (C=O) groups excluding carboxylic acids is 1. The van der Waals surface area contributed by atoms with E-state index in [-0.39, 0.29) is 28.4 Å². The molecule has 6 heteroatoms. The van der Waals surface area contributed by atoms with Gasteiger partial charge < -0.3 is 25.2 Å². The number of benzene rings is 2. The van der Waals surface area contributed by atoms with Gasteiger partial charge in [-0.05, 0) is 49.8 Å². The van der Waals surface area contributed by atoms with Crippen LogP contribution in [0.25, 0.3) is 6.08 Å². The molecule has 2 atom stereocenters. The summed E-state index contributed by atoms with van der Waals surface area (Å²) in [5.41, 5.74) is -0.491. The van der Waals surface area contributed by atoms with E-state index in [1.165, 1.54) is 44.2 Å². The summed E-state index contributed by atoms with van der Waals surface area (Å²) < 4.78 is 5.53. The second-order valence-electron chi connectivity index (χ2n) is 6.80. The number of phenolic OH excluding ortho intramolecular Hbond substituents is 2. The van der Waals surface area contributed by atoms with Gasteiger partial charge in [-0.1, -0.05) is 18.2 Å². The van der Waals surface area contributed by atoms with E-state index in [4.69, 9.17) is 4.74 Å². The van der Waals surface area contributed by atoms with Crippen LogP contribution in [0.4, 0.5) is 0 Å². The number of aliphatic hydroxyl groups is 2. The molecule has 0 fully saturated rings. The molecule has 2 aromatic carbocycles. The molecule has 1 aliphatic heterocycles. The summed E-state index contributed by atoms with van der Waals surface area (Å²) in [7, 11) is 0. The highest BCUT2D eigenvalue weighted by Crippen LogP contribution is 2.46. The molecule has 0 spiro atoms. The van der Waals surface area contributed by atoms with Gasteiger partial charge >= 0.3 is 0 Å². The van der Waals surface area contributed by atoms with Gasteiger partial charge in [0.1, 0.15) is 23.4 Å². The maximum absolute atomic E-state index is 12.4. The van der Waals surface area contributed by atoms with Gasteiger partial charge in [0.05, 0.1) is 16.7 Å². The normalized spacial score (nSPS) is 19.4. The van der Waals surface area contributed by atoms with Gasteiger partial charge in [0.2, 0.25) is 0 Å². The standard InChI is InChI=1S/C20H20O6/c1-20(2,25)19-18(24)16-15(26-19)10-8-13(17(16)23)14(22)9-5-11-3-6-12(21)7-4-11/h3-10,18-19,21,23-25H,1-2H3/t18-,19-/m1/s1. The molecule has 1 heterocycles. The quantitative estimate of drug-likeness (QED) is 0.495. The van der Waals surface area contributed by atoms with Gasteiger partial charge in [0.25, 0.3) is 0 Å². The number of allylic oxidation sites excluding steroid dienone is 1. The van der Waals surface area contributed by atoms with Crippen LogP contribution in [0, 0.1) is 0 Å². The predicted octanol–water partition coefficient (Wildman–Crippen LogP) is 2.56. The summed E-state index contributed by atoms with van der Waals surface area (Å²) in [5.74, 6) is -0.444. The highest BCUT2D eigenvalue weighted by atomic mass is 16.5. The van der Waals surface area contributed by atoms with E-state index < -0.39 is 23.6 Å². The van der Waals surface area contributed by atoms with Gasteiger partial charge in [-0.3, -0.25) is 4.79 Å². The molecule has 0 bridgehead atoms. The van der Waals surface area contributed by atoms with Crippen LogP contribution in [0.2, 0.25) is 0 Å². The van der Waals surface area contributed by atoms with Gasteiger partial charge in [0, 0.05) is 0 Å². The molecule has 0 aromatic heterocycles. The summed E-state index contributed by atoms with van der Waals surface area (Å²) in [4.78, 5) is 12.4. The lowest BCUT2D eigenvalue weighted by molar-refractivity contribution is -0.0764. The van der Waals surface area contributed by atoms with Crippen molar-refractivity contribution in [3.05, 3.63) is 59.2 Å². The van der Waals surface area contributed by atoms with Crippen molar-refractivity contribution < 1.29 is 30.0 Å². The zero-order valence-corrected chi connectivity index (χ0v) is 14.4. The minimum atomic E-state index is -1.33. The van der Waals surface area contributed by atoms with Crippen LogP contribution in [0.5, 0.6) is 17.2 Å². The molecule has 0 unspecified atom stereocenters. The number of ether oxygens (including phenoxy) is 1. The van der Waals surface area contributed by atoms with E-state index in [0.717, 1.165) is 0 Å². The summed E-state index contributed by atoms with van der Waals surface area (Å²) in [5, 5.41) is 40.2. The minimum Gasteiger partial charge on any atom is -0.508 e. The second-order valence-corrected chi connectivity index (χ2v) is 6.80. The maximum atomic E-state index is 12.4. The highest BCUT2D eigenvalue weighted by molar-refractivity contribution is 6.09. The lowest BCUT2D eigenvalue weighted by Gasteiger charge is -2.27. The van der Waals surface area contributed by atoms with Crippen molar-refractivity contribution in [2.24, 2.45) is 0 Å². The Hall–Kier alpha value is -2.83. The first-order valence-corrected chi connectivity index (χ1v) is 8.13. The van der Waals surface area contributed by atoms with Crippen molar-refractivity contribution in [3.63, 3.8) is 0 Å². The molecule has 0 saturated carbocycles. The first kappa shape index (κ1) is 18.0. The SMILES string of the molecule is CC(C)(O)[C@@H]1Oc2ccc(C(=O)C=Cc3ccc(O)cc3)c(O)c2[C@H]1O. The van der Waals surface area contributed by atoms with E-state index in [2.05, 4.69) is 0 Å². The van der Waals surface area contributed by atoms with Crippen molar-refractivity contribution in [3.8, 4) is 17.2 Å². The zero-order chi connectivity index (χ0) is 19.1. The Bertz CT molecular complexity index is 861. The average molecular weight is 356 g/mol. The van der Waals surface area contributed by atoms with Gasteiger partial charge in [-0.15, -0.1) is 0 Å². The molecule has 2 aromatic rings. The molecule has 3 rings (SSSR count). The monoisotopic (exact) mass is 356 g/mol. The fourth-order valence-electron chi connectivity index (χ4n) is 2.91. The van der Waals surface area contributed by atoms with Crippen molar-refractivity contribution in [1.82, 2.24) is 0 Å². The molecule has 4 N–H and O–H groups in total. The van der Waals surface area contributed by atoms with Crippen LogP contribution in [0.3, 0.4) is 0 Å². The van der Waals surface area contributed by atoms with Crippen LogP contribution in [0.1, 0.15) is 41.4 Å². The fraction of sp³-hybridized carbons (Fsp3) is 0.250. The third-order valence-corrected chi connectivity index (χ3v) is 4.30. The second kappa shape index (κ2) is 6.48. The van der Waals surface area contributed by atoms with Crippen LogP contribution in [-0.4, -0.2) is 37.9 Å². The lowest BCUT2D eigenvalue weighted by atomic mass is 9.92. The highest BCUT2D eigenvalue weighted by Gasteiger charge is 2.44. The summed E-state index contributed by atoms with van der Waals surface area (Å²) in [6.45, 7) is 2.99. The van der Waals surface area contributed by atoms with Crippen molar-refractivity contribution in [1.29, 1.82) is 0 Å². The van der Waals surface area contributed by atoms with Crippen LogP contribution in [-0.2, 0) is 0 Å². The molecular weight excluding hydrogens is 336 g/mol. The Kier molecular flexibility index (Phi) is 4.48. The third-order valence-electron chi connectivity index (χ3n) is 4.30. The summed E-state index contributed by atoms with van der Waals surface area (Å²) in [6.07, 6.45) is 0.657. The Morgan fingerprint density at radius 2 is 1.77 bits per heavy atom.